The van der Waals surface area contributed by atoms with Gasteiger partial charge >= 0.3 is 5.97 Å². The van der Waals surface area contributed by atoms with Crippen LogP contribution in [0.1, 0.15) is 37.8 Å². The van der Waals surface area contributed by atoms with Gasteiger partial charge in [0.2, 0.25) is 0 Å². The first-order chi connectivity index (χ1) is 14.3. The van der Waals surface area contributed by atoms with Gasteiger partial charge in [-0.25, -0.2) is 4.79 Å². The minimum absolute atomic E-state index is 0.248. The van der Waals surface area contributed by atoms with Crippen LogP contribution >= 0.6 is 15.9 Å². The number of hydrogen-bond acceptors (Lipinski definition) is 4. The van der Waals surface area contributed by atoms with Gasteiger partial charge in [-0.3, -0.25) is 9.69 Å². The predicted molar refractivity (Wildman–Crippen MR) is 121 cm³/mol. The fraction of sp³-hybridized carbons (Fsp3) is 0.250. The Bertz CT molecular complexity index is 1050. The SMILES string of the molecule is COC(=O)C1=C(C)N(c2ccc(C(C)C)cc2)C(=O)C1=Cc1cc(Br)ccc1OC. The second-order valence-electron chi connectivity index (χ2n) is 7.28. The van der Waals surface area contributed by atoms with Crippen LogP contribution in [-0.4, -0.2) is 26.1 Å². The Hall–Kier alpha value is -2.86. The number of esters is 1. The first kappa shape index (κ1) is 21.8. The molecule has 156 valence electrons. The average Bonchev–Trinajstić information content (AvgIpc) is 2.97. The number of carbonyl (C=O) groups is 2. The van der Waals surface area contributed by atoms with Crippen LogP contribution in [0.5, 0.6) is 5.75 Å². The second kappa shape index (κ2) is 8.88. The van der Waals surface area contributed by atoms with Gasteiger partial charge in [0.25, 0.3) is 5.91 Å². The Morgan fingerprint density at radius 2 is 1.77 bits per heavy atom. The molecule has 2 aromatic carbocycles. The maximum atomic E-state index is 13.4. The van der Waals surface area contributed by atoms with Crippen molar-refractivity contribution in [1.82, 2.24) is 0 Å². The summed E-state index contributed by atoms with van der Waals surface area (Å²) in [6.45, 7) is 5.98. The lowest BCUT2D eigenvalue weighted by molar-refractivity contribution is -0.136. The van der Waals surface area contributed by atoms with Crippen molar-refractivity contribution in [3.63, 3.8) is 0 Å². The van der Waals surface area contributed by atoms with Crippen LogP contribution in [0, 0.1) is 0 Å². The largest absolute Gasteiger partial charge is 0.496 e. The van der Waals surface area contributed by atoms with Crippen molar-refractivity contribution in [3.05, 3.63) is 74.9 Å². The molecule has 0 saturated heterocycles. The highest BCUT2D eigenvalue weighted by Gasteiger charge is 2.38. The summed E-state index contributed by atoms with van der Waals surface area (Å²) < 4.78 is 11.2. The van der Waals surface area contributed by atoms with Crippen LogP contribution in [0.4, 0.5) is 5.69 Å². The van der Waals surface area contributed by atoms with Gasteiger partial charge in [0, 0.05) is 21.4 Å². The Morgan fingerprint density at radius 1 is 1.10 bits per heavy atom. The van der Waals surface area contributed by atoms with E-state index in [1.165, 1.54) is 12.7 Å². The van der Waals surface area contributed by atoms with Crippen molar-refractivity contribution in [2.24, 2.45) is 0 Å². The number of allylic oxidation sites excluding steroid dienone is 1. The van der Waals surface area contributed by atoms with Gasteiger partial charge in [0.1, 0.15) is 5.75 Å². The molecule has 3 rings (SSSR count). The van der Waals surface area contributed by atoms with E-state index < -0.39 is 5.97 Å². The third kappa shape index (κ3) is 4.05. The summed E-state index contributed by atoms with van der Waals surface area (Å²) in [4.78, 5) is 27.5. The Morgan fingerprint density at radius 3 is 2.33 bits per heavy atom. The summed E-state index contributed by atoms with van der Waals surface area (Å²) >= 11 is 3.44. The topological polar surface area (TPSA) is 55.8 Å². The van der Waals surface area contributed by atoms with Gasteiger partial charge in [0.15, 0.2) is 0 Å². The molecule has 0 spiro atoms. The molecule has 1 heterocycles. The number of anilines is 1. The van der Waals surface area contributed by atoms with Gasteiger partial charge in [-0.1, -0.05) is 41.9 Å². The number of amides is 1. The molecule has 1 aliphatic rings. The average molecular weight is 470 g/mol. The number of ether oxygens (including phenoxy) is 2. The number of rotatable bonds is 5. The summed E-state index contributed by atoms with van der Waals surface area (Å²) in [6.07, 6.45) is 1.67. The molecule has 2 aromatic rings. The number of nitrogens with zero attached hydrogens (tertiary/aromatic N) is 1. The molecule has 1 aliphatic heterocycles. The number of carbonyl (C=O) groups excluding carboxylic acids is 2. The van der Waals surface area contributed by atoms with Crippen molar-refractivity contribution in [2.75, 3.05) is 19.1 Å². The van der Waals surface area contributed by atoms with Crippen LogP contribution in [0.15, 0.2) is 63.8 Å². The van der Waals surface area contributed by atoms with Crippen molar-refractivity contribution < 1.29 is 19.1 Å². The third-order valence-electron chi connectivity index (χ3n) is 5.10. The van der Waals surface area contributed by atoms with Crippen molar-refractivity contribution >= 4 is 39.6 Å². The van der Waals surface area contributed by atoms with Crippen LogP contribution < -0.4 is 9.64 Å². The zero-order valence-corrected chi connectivity index (χ0v) is 19.2. The lowest BCUT2D eigenvalue weighted by Crippen LogP contribution is -2.24. The second-order valence-corrected chi connectivity index (χ2v) is 8.20. The molecule has 30 heavy (non-hydrogen) atoms. The molecular weight excluding hydrogens is 446 g/mol. The van der Waals surface area contributed by atoms with Crippen LogP contribution in [0.25, 0.3) is 6.08 Å². The molecule has 0 unspecified atom stereocenters. The van der Waals surface area contributed by atoms with Crippen molar-refractivity contribution in [3.8, 4) is 5.75 Å². The molecule has 5 nitrogen and oxygen atoms in total. The molecular formula is C24H24BrNO4. The molecule has 0 N–H and O–H groups in total. The summed E-state index contributed by atoms with van der Waals surface area (Å²) in [5.74, 6) is 0.143. The van der Waals surface area contributed by atoms with E-state index in [1.54, 1.807) is 31.1 Å². The smallest absolute Gasteiger partial charge is 0.340 e. The maximum Gasteiger partial charge on any atom is 0.340 e. The standard InChI is InChI=1S/C24H24BrNO4/c1-14(2)16-6-9-19(10-7-16)26-15(3)22(24(28)30-5)20(23(26)27)13-17-12-18(25)8-11-21(17)29-4/h6-14H,1-5H3. The lowest BCUT2D eigenvalue weighted by Gasteiger charge is -2.19. The van der Waals surface area contributed by atoms with E-state index in [1.807, 2.05) is 36.4 Å². The minimum atomic E-state index is -0.553. The van der Waals surface area contributed by atoms with E-state index in [0.29, 0.717) is 28.6 Å². The number of halogens is 1. The molecule has 1 amide bonds. The predicted octanol–water partition coefficient (Wildman–Crippen LogP) is 5.46. The Kier molecular flexibility index (Phi) is 6.46. The molecule has 0 aromatic heterocycles. The number of methoxy groups -OCH3 is 2. The minimum Gasteiger partial charge on any atom is -0.496 e. The lowest BCUT2D eigenvalue weighted by atomic mass is 10.0. The molecule has 0 bridgehead atoms. The van der Waals surface area contributed by atoms with Crippen LogP contribution in [-0.2, 0) is 14.3 Å². The molecule has 6 heteroatoms. The van der Waals surface area contributed by atoms with Gasteiger partial charge in [-0.05, 0) is 54.8 Å². The summed E-state index contributed by atoms with van der Waals surface area (Å²) in [5.41, 5.74) is 3.61. The fourth-order valence-corrected chi connectivity index (χ4v) is 3.85. The summed E-state index contributed by atoms with van der Waals surface area (Å²) in [6, 6.07) is 13.3. The highest BCUT2D eigenvalue weighted by molar-refractivity contribution is 9.10. The molecule has 0 atom stereocenters. The van der Waals surface area contributed by atoms with Crippen molar-refractivity contribution in [2.45, 2.75) is 26.7 Å². The highest BCUT2D eigenvalue weighted by atomic mass is 79.9. The van der Waals surface area contributed by atoms with Gasteiger partial charge in [-0.15, -0.1) is 0 Å². The zero-order chi connectivity index (χ0) is 22.0. The maximum absolute atomic E-state index is 13.4. The quantitative estimate of drug-likeness (QED) is 0.430. The fourth-order valence-electron chi connectivity index (χ4n) is 3.47. The molecule has 0 saturated carbocycles. The van der Waals surface area contributed by atoms with E-state index in [2.05, 4.69) is 29.8 Å². The van der Waals surface area contributed by atoms with E-state index >= 15 is 0 Å². The summed E-state index contributed by atoms with van der Waals surface area (Å²) in [5, 5.41) is 0. The Balaban J connectivity index is 2.14. The highest BCUT2D eigenvalue weighted by Crippen LogP contribution is 2.37. The first-order valence-corrected chi connectivity index (χ1v) is 10.4. The first-order valence-electron chi connectivity index (χ1n) is 9.57. The van der Waals surface area contributed by atoms with Crippen molar-refractivity contribution in [1.29, 1.82) is 0 Å². The van der Waals surface area contributed by atoms with Crippen LogP contribution in [0.3, 0.4) is 0 Å². The monoisotopic (exact) mass is 469 g/mol. The summed E-state index contributed by atoms with van der Waals surface area (Å²) in [7, 11) is 2.87. The number of hydrogen-bond donors (Lipinski definition) is 0. The molecule has 0 radical (unpaired) electrons. The van der Waals surface area contributed by atoms with Gasteiger partial charge in [-0.2, -0.15) is 0 Å². The number of benzene rings is 2. The van der Waals surface area contributed by atoms with E-state index in [9.17, 15) is 9.59 Å². The van der Waals surface area contributed by atoms with Gasteiger partial charge < -0.3 is 9.47 Å². The van der Waals surface area contributed by atoms with E-state index in [0.717, 1.165) is 4.47 Å². The Labute approximate surface area is 185 Å². The van der Waals surface area contributed by atoms with E-state index in [-0.39, 0.29) is 17.1 Å². The third-order valence-corrected chi connectivity index (χ3v) is 5.59. The zero-order valence-electron chi connectivity index (χ0n) is 17.7. The molecule has 0 fully saturated rings. The molecule has 0 aliphatic carbocycles. The van der Waals surface area contributed by atoms with E-state index in [4.69, 9.17) is 9.47 Å². The van der Waals surface area contributed by atoms with Crippen LogP contribution in [0.2, 0.25) is 0 Å². The normalized spacial score (nSPS) is 15.4. The van der Waals surface area contributed by atoms with Gasteiger partial charge in [0.05, 0.1) is 25.4 Å².